The van der Waals surface area contributed by atoms with Gasteiger partial charge in [-0.2, -0.15) is 0 Å². The van der Waals surface area contributed by atoms with Gasteiger partial charge >= 0.3 is 11.9 Å². The molecule has 0 amide bonds. The normalized spacial score (nSPS) is 12.7. The maximum Gasteiger partial charge on any atom is 0.339 e. The highest BCUT2D eigenvalue weighted by atomic mass is 35.5. The number of hydrogen-bond acceptors (Lipinski definition) is 5. The predicted molar refractivity (Wildman–Crippen MR) is 58.9 cm³/mol. The Morgan fingerprint density at radius 3 is 1.94 bits per heavy atom. The van der Waals surface area contributed by atoms with Crippen molar-refractivity contribution >= 4 is 58.3 Å². The molecule has 0 saturated heterocycles. The number of aliphatic hydroxyl groups is 1. The summed E-state index contributed by atoms with van der Waals surface area (Å²) in [5, 5.41) is 8.79. The van der Waals surface area contributed by atoms with E-state index in [9.17, 15) is 9.59 Å². The highest BCUT2D eigenvalue weighted by Gasteiger charge is 2.21. The van der Waals surface area contributed by atoms with Crippen molar-refractivity contribution in [2.45, 2.75) is 15.8 Å². The second-order valence-corrected chi connectivity index (χ2v) is 4.67. The summed E-state index contributed by atoms with van der Waals surface area (Å²) in [5.74, 6) is -1.86. The van der Waals surface area contributed by atoms with Crippen molar-refractivity contribution in [3.05, 3.63) is 0 Å². The van der Waals surface area contributed by atoms with Gasteiger partial charge < -0.3 is 14.6 Å². The van der Waals surface area contributed by atoms with Crippen LogP contribution in [0.15, 0.2) is 0 Å². The molecule has 0 aliphatic rings. The first-order valence-electron chi connectivity index (χ1n) is 3.92. The van der Waals surface area contributed by atoms with Crippen LogP contribution in [-0.2, 0) is 19.1 Å². The summed E-state index contributed by atoms with van der Waals surface area (Å²) in [6, 6.07) is 0. The number of hydrogen-bond donors (Lipinski definition) is 1. The lowest BCUT2D eigenvalue weighted by molar-refractivity contribution is -0.159. The van der Waals surface area contributed by atoms with Crippen LogP contribution >= 0.6 is 46.4 Å². The van der Waals surface area contributed by atoms with Crippen LogP contribution < -0.4 is 0 Å². The summed E-state index contributed by atoms with van der Waals surface area (Å²) >= 11 is 20.8. The fraction of sp³-hybridized carbons (Fsp3) is 0.714. The SMILES string of the molecule is O=C(OCC(CO)OC(=O)C(Cl)Cl)C(Cl)Cl. The third-order valence-corrected chi connectivity index (χ3v) is 1.97. The molecule has 1 atom stereocenters. The molecule has 1 N–H and O–H groups in total. The molecule has 0 aromatic carbocycles. The molecule has 1 unspecified atom stereocenters. The molecule has 0 saturated carbocycles. The lowest BCUT2D eigenvalue weighted by Crippen LogP contribution is -2.31. The second kappa shape index (κ2) is 8.20. The second-order valence-electron chi connectivity index (χ2n) is 2.47. The third-order valence-electron chi connectivity index (χ3n) is 1.25. The molecule has 0 aromatic rings. The lowest BCUT2D eigenvalue weighted by atomic mass is 10.4. The molecule has 0 heterocycles. The Morgan fingerprint density at radius 2 is 1.56 bits per heavy atom. The van der Waals surface area contributed by atoms with Crippen molar-refractivity contribution in [3.63, 3.8) is 0 Å². The van der Waals surface area contributed by atoms with Crippen molar-refractivity contribution in [1.82, 2.24) is 0 Å². The van der Waals surface area contributed by atoms with Gasteiger partial charge in [-0.15, -0.1) is 0 Å². The van der Waals surface area contributed by atoms with E-state index in [-0.39, 0.29) is 0 Å². The van der Waals surface area contributed by atoms with E-state index < -0.39 is 40.9 Å². The van der Waals surface area contributed by atoms with E-state index in [1.807, 2.05) is 0 Å². The first-order valence-corrected chi connectivity index (χ1v) is 5.67. The standard InChI is InChI=1S/C7H8Cl4O5/c8-4(9)6(13)15-2-3(1-12)16-7(14)5(10)11/h3-5,12H,1-2H2. The number of alkyl halides is 4. The lowest BCUT2D eigenvalue weighted by Gasteiger charge is -2.15. The van der Waals surface area contributed by atoms with Gasteiger partial charge in [0.25, 0.3) is 0 Å². The van der Waals surface area contributed by atoms with Crippen LogP contribution in [0.5, 0.6) is 0 Å². The molecule has 5 nitrogen and oxygen atoms in total. The molecule has 9 heteroatoms. The van der Waals surface area contributed by atoms with Crippen LogP contribution in [0.2, 0.25) is 0 Å². The fourth-order valence-electron chi connectivity index (χ4n) is 0.578. The van der Waals surface area contributed by atoms with Gasteiger partial charge in [-0.1, -0.05) is 46.4 Å². The van der Waals surface area contributed by atoms with Gasteiger partial charge in [-0.05, 0) is 0 Å². The quantitative estimate of drug-likeness (QED) is 0.586. The van der Waals surface area contributed by atoms with E-state index in [1.165, 1.54) is 0 Å². The van der Waals surface area contributed by atoms with Crippen LogP contribution in [0, 0.1) is 0 Å². The molecule has 0 spiro atoms. The third kappa shape index (κ3) is 6.60. The molecule has 0 aliphatic carbocycles. The van der Waals surface area contributed by atoms with E-state index in [0.29, 0.717) is 0 Å². The monoisotopic (exact) mass is 312 g/mol. The van der Waals surface area contributed by atoms with Crippen molar-refractivity contribution in [2.24, 2.45) is 0 Å². The topological polar surface area (TPSA) is 72.8 Å². The number of esters is 2. The van der Waals surface area contributed by atoms with Crippen molar-refractivity contribution in [2.75, 3.05) is 13.2 Å². The van der Waals surface area contributed by atoms with Gasteiger partial charge in [0, 0.05) is 0 Å². The fourth-order valence-corrected chi connectivity index (χ4v) is 0.807. The van der Waals surface area contributed by atoms with E-state index in [0.717, 1.165) is 0 Å². The first-order chi connectivity index (χ1) is 7.38. The van der Waals surface area contributed by atoms with Gasteiger partial charge in [0.05, 0.1) is 6.61 Å². The molecule has 0 rings (SSSR count). The van der Waals surface area contributed by atoms with Gasteiger partial charge in [-0.3, -0.25) is 0 Å². The van der Waals surface area contributed by atoms with Crippen molar-refractivity contribution in [3.8, 4) is 0 Å². The zero-order chi connectivity index (χ0) is 12.7. The highest BCUT2D eigenvalue weighted by molar-refractivity contribution is 6.53. The van der Waals surface area contributed by atoms with Crippen LogP contribution in [0.3, 0.4) is 0 Å². The average molecular weight is 314 g/mol. The summed E-state index contributed by atoms with van der Waals surface area (Å²) in [6.07, 6.45) is -1.07. The van der Waals surface area contributed by atoms with E-state index in [1.54, 1.807) is 0 Å². The number of rotatable bonds is 6. The Labute approximate surface area is 111 Å². The number of carbonyl (C=O) groups is 2. The summed E-state index contributed by atoms with van der Waals surface area (Å²) < 4.78 is 9.09. The maximum absolute atomic E-state index is 10.9. The minimum Gasteiger partial charge on any atom is -0.460 e. The van der Waals surface area contributed by atoms with Gasteiger partial charge in [-0.25, -0.2) is 9.59 Å². The Bertz CT molecular complexity index is 245. The molecule has 0 fully saturated rings. The number of ether oxygens (including phenoxy) is 2. The maximum atomic E-state index is 10.9. The zero-order valence-corrected chi connectivity index (χ0v) is 10.8. The molecule has 0 radical (unpaired) electrons. The Morgan fingerprint density at radius 1 is 1.06 bits per heavy atom. The minimum absolute atomic E-state index is 0.391. The van der Waals surface area contributed by atoms with Crippen LogP contribution in [0.1, 0.15) is 0 Å². The van der Waals surface area contributed by atoms with E-state index in [4.69, 9.17) is 51.5 Å². The predicted octanol–water partition coefficient (Wildman–Crippen LogP) is 1.04. The van der Waals surface area contributed by atoms with Crippen molar-refractivity contribution in [1.29, 1.82) is 0 Å². The summed E-state index contributed by atoms with van der Waals surface area (Å²) in [4.78, 5) is 19.0. The van der Waals surface area contributed by atoms with Crippen LogP contribution in [-0.4, -0.2) is 46.0 Å². The van der Waals surface area contributed by atoms with Crippen LogP contribution in [0.25, 0.3) is 0 Å². The molecule has 16 heavy (non-hydrogen) atoms. The average Bonchev–Trinajstić information content (AvgIpc) is 2.22. The molecule has 94 valence electrons. The number of carbonyl (C=O) groups excluding carboxylic acids is 2. The van der Waals surface area contributed by atoms with E-state index >= 15 is 0 Å². The molecule has 0 bridgehead atoms. The zero-order valence-electron chi connectivity index (χ0n) is 7.74. The molecular formula is C7H8Cl4O5. The van der Waals surface area contributed by atoms with Crippen molar-refractivity contribution < 1.29 is 24.2 Å². The molecular weight excluding hydrogens is 306 g/mol. The van der Waals surface area contributed by atoms with Gasteiger partial charge in [0.15, 0.2) is 6.10 Å². The number of halogens is 4. The summed E-state index contributed by atoms with van der Waals surface area (Å²) in [7, 11) is 0. The van der Waals surface area contributed by atoms with E-state index in [2.05, 4.69) is 9.47 Å². The molecule has 0 aliphatic heterocycles. The molecule has 0 aromatic heterocycles. The first kappa shape index (κ1) is 16.1. The summed E-state index contributed by atoms with van der Waals surface area (Å²) in [6.45, 7) is -0.952. The van der Waals surface area contributed by atoms with Gasteiger partial charge in [0.1, 0.15) is 6.61 Å². The van der Waals surface area contributed by atoms with Gasteiger partial charge in [0.2, 0.25) is 9.67 Å². The minimum atomic E-state index is -1.38. The Hall–Kier alpha value is 0.0600. The Balaban J connectivity index is 4.02. The number of aliphatic hydroxyl groups excluding tert-OH is 1. The highest BCUT2D eigenvalue weighted by Crippen LogP contribution is 2.08. The van der Waals surface area contributed by atoms with Crippen LogP contribution in [0.4, 0.5) is 0 Å². The summed E-state index contributed by atoms with van der Waals surface area (Å²) in [5.41, 5.74) is 0. The largest absolute Gasteiger partial charge is 0.460 e. The Kier molecular flexibility index (Phi) is 8.23. The smallest absolute Gasteiger partial charge is 0.339 e.